The predicted molar refractivity (Wildman–Crippen MR) is 240 cm³/mol. The van der Waals surface area contributed by atoms with E-state index in [-0.39, 0.29) is 22.5 Å². The van der Waals surface area contributed by atoms with Crippen LogP contribution in [-0.4, -0.2) is 54.9 Å². The highest BCUT2D eigenvalue weighted by atomic mass is 35.5. The Morgan fingerprint density at radius 2 is 1.05 bits per heavy atom. The van der Waals surface area contributed by atoms with E-state index in [0.29, 0.717) is 98.0 Å². The second-order valence-electron chi connectivity index (χ2n) is 14.5. The van der Waals surface area contributed by atoms with Gasteiger partial charge in [-0.2, -0.15) is 0 Å². The summed E-state index contributed by atoms with van der Waals surface area (Å²) in [6, 6.07) is 17.7. The van der Waals surface area contributed by atoms with Crippen LogP contribution < -0.4 is 19.6 Å². The maximum absolute atomic E-state index is 15.5. The first-order valence-electron chi connectivity index (χ1n) is 19.5. The molecule has 0 radical (unpaired) electrons. The van der Waals surface area contributed by atoms with Crippen molar-refractivity contribution >= 4 is 106 Å². The highest BCUT2D eigenvalue weighted by Gasteiger charge is 2.35. The molecule has 0 fully saturated rings. The van der Waals surface area contributed by atoms with Crippen LogP contribution in [0.15, 0.2) is 60.7 Å². The lowest BCUT2D eigenvalue weighted by Gasteiger charge is -2.36. The zero-order valence-corrected chi connectivity index (χ0v) is 35.8. The molecule has 0 atom stereocenters. The molecule has 8 rings (SSSR count). The maximum Gasteiger partial charge on any atom is 0.272 e. The van der Waals surface area contributed by atoms with Gasteiger partial charge in [-0.3, -0.25) is 25.0 Å². The minimum Gasteiger partial charge on any atom is -0.370 e. The number of rotatable bonds is 12. The van der Waals surface area contributed by atoms with Gasteiger partial charge in [-0.25, -0.2) is 0 Å². The van der Waals surface area contributed by atoms with Gasteiger partial charge >= 0.3 is 0 Å². The van der Waals surface area contributed by atoms with Gasteiger partial charge < -0.3 is 19.6 Å². The predicted octanol–water partition coefficient (Wildman–Crippen LogP) is 11.3. The van der Waals surface area contributed by atoms with Crippen LogP contribution in [0, 0.1) is 20.2 Å². The third-order valence-electron chi connectivity index (χ3n) is 11.5. The van der Waals surface area contributed by atoms with Crippen LogP contribution in [0.3, 0.4) is 0 Å². The van der Waals surface area contributed by atoms with E-state index in [0.717, 1.165) is 29.9 Å². The molecular formula is C43H42Cl2N6O5S2. The molecule has 6 aromatic rings. The van der Waals surface area contributed by atoms with Crippen molar-refractivity contribution in [3.63, 3.8) is 0 Å². The van der Waals surface area contributed by atoms with Crippen LogP contribution in [0.5, 0.6) is 0 Å². The normalized spacial score (nSPS) is 13.8. The van der Waals surface area contributed by atoms with E-state index >= 15 is 4.79 Å². The van der Waals surface area contributed by atoms with Crippen molar-refractivity contribution in [2.24, 2.45) is 0 Å². The molecule has 300 valence electrons. The molecule has 15 heteroatoms. The summed E-state index contributed by atoms with van der Waals surface area (Å²) in [5, 5.41) is 29.0. The second-order valence-corrected chi connectivity index (χ2v) is 17.7. The Kier molecular flexibility index (Phi) is 11.0. The first-order valence-corrected chi connectivity index (χ1v) is 21.9. The van der Waals surface area contributed by atoms with Crippen LogP contribution in [0.2, 0.25) is 10.0 Å². The van der Waals surface area contributed by atoms with E-state index < -0.39 is 15.6 Å². The lowest BCUT2D eigenvalue weighted by Crippen LogP contribution is -2.34. The molecular weight excluding hydrogens is 816 g/mol. The summed E-state index contributed by atoms with van der Waals surface area (Å²) in [7, 11) is 0. The van der Waals surface area contributed by atoms with Crippen LogP contribution in [0.4, 0.5) is 34.1 Å². The number of nitrogens with zero attached hydrogens (tertiary/aromatic N) is 6. The monoisotopic (exact) mass is 856 g/mol. The molecule has 2 aliphatic rings. The van der Waals surface area contributed by atoms with Crippen LogP contribution in [-0.2, 0) is 25.9 Å². The number of thiophene rings is 2. The van der Waals surface area contributed by atoms with Gasteiger partial charge in [0.25, 0.3) is 11.4 Å². The number of carbonyl (C=O) groups is 1. The molecule has 0 bridgehead atoms. The summed E-state index contributed by atoms with van der Waals surface area (Å²) in [5.74, 6) is -0.498. The Morgan fingerprint density at radius 3 is 1.41 bits per heavy atom. The largest absolute Gasteiger partial charge is 0.370 e. The lowest BCUT2D eigenvalue weighted by molar-refractivity contribution is -0.384. The zero-order valence-electron chi connectivity index (χ0n) is 32.6. The number of hydrogen-bond acceptors (Lipinski definition) is 11. The van der Waals surface area contributed by atoms with Gasteiger partial charge in [-0.05, 0) is 98.8 Å². The molecule has 0 saturated heterocycles. The summed E-state index contributed by atoms with van der Waals surface area (Å²) in [4.78, 5) is 50.7. The molecule has 0 saturated carbocycles. The standard InChI is InChI=1S/C43H42Cl2N6O5S2/c1-5-46(6-2)41-33(19-27(50(53)54)21-35(41)48-15-13-29-31-17-25(44)9-11-37(31)57-39(29)23-48)43(52)34-20-28(51(55)56)22-36(42(34)47(7-3)8-4)49-16-14-30-32-18-26(45)10-12-38(32)58-40(30)24-49/h9-12,17-22H,5-8,13-16,23-24H2,1-4H3. The summed E-state index contributed by atoms with van der Waals surface area (Å²) < 4.78 is 2.25. The van der Waals surface area contributed by atoms with Crippen molar-refractivity contribution in [2.75, 3.05) is 58.9 Å². The molecule has 2 aliphatic heterocycles. The van der Waals surface area contributed by atoms with Gasteiger partial charge in [-0.15, -0.1) is 22.7 Å². The highest BCUT2D eigenvalue weighted by molar-refractivity contribution is 7.19. The fourth-order valence-corrected chi connectivity index (χ4v) is 11.5. The molecule has 2 aromatic heterocycles. The average molecular weight is 858 g/mol. The number of halogens is 2. The first-order chi connectivity index (χ1) is 27.9. The summed E-state index contributed by atoms with van der Waals surface area (Å²) in [6.07, 6.45) is 1.40. The minimum atomic E-state index is -0.498. The topological polar surface area (TPSA) is 116 Å². The number of hydrogen-bond donors (Lipinski definition) is 0. The Balaban J connectivity index is 1.30. The number of nitro groups is 2. The van der Waals surface area contributed by atoms with Crippen molar-refractivity contribution in [2.45, 2.75) is 53.6 Å². The third-order valence-corrected chi connectivity index (χ3v) is 14.4. The molecule has 4 aromatic carbocycles. The average Bonchev–Trinajstić information content (AvgIpc) is 3.77. The Bertz CT molecular complexity index is 2460. The van der Waals surface area contributed by atoms with Crippen molar-refractivity contribution in [1.29, 1.82) is 0 Å². The van der Waals surface area contributed by atoms with E-state index in [1.54, 1.807) is 34.8 Å². The van der Waals surface area contributed by atoms with Crippen LogP contribution in [0.25, 0.3) is 20.2 Å². The zero-order chi connectivity index (χ0) is 41.0. The fraction of sp³-hybridized carbons (Fsp3) is 0.326. The third kappa shape index (κ3) is 7.01. The van der Waals surface area contributed by atoms with Crippen molar-refractivity contribution in [3.8, 4) is 0 Å². The molecule has 0 unspecified atom stereocenters. The van der Waals surface area contributed by atoms with Gasteiger partial charge in [0.1, 0.15) is 0 Å². The quantitative estimate of drug-likeness (QED) is 0.0673. The number of benzene rings is 4. The molecule has 0 amide bonds. The van der Waals surface area contributed by atoms with E-state index in [1.807, 2.05) is 64.1 Å². The summed E-state index contributed by atoms with van der Waals surface area (Å²) in [5.41, 5.74) is 4.64. The number of ketones is 1. The van der Waals surface area contributed by atoms with Gasteiger partial charge in [0.2, 0.25) is 0 Å². The van der Waals surface area contributed by atoms with Crippen LogP contribution >= 0.6 is 45.9 Å². The van der Waals surface area contributed by atoms with Gasteiger partial charge in [-0.1, -0.05) is 23.2 Å². The van der Waals surface area contributed by atoms with Crippen molar-refractivity contribution in [1.82, 2.24) is 0 Å². The van der Waals surface area contributed by atoms with Gasteiger partial charge in [0, 0.05) is 92.7 Å². The Morgan fingerprint density at radius 1 is 0.655 bits per heavy atom. The van der Waals surface area contributed by atoms with Gasteiger partial charge in [0.15, 0.2) is 5.78 Å². The number of fused-ring (bicyclic) bond motifs is 6. The number of carbonyl (C=O) groups excluding carboxylic acids is 1. The van der Waals surface area contributed by atoms with E-state index in [2.05, 4.69) is 19.6 Å². The second kappa shape index (κ2) is 16.0. The van der Waals surface area contributed by atoms with E-state index in [4.69, 9.17) is 23.2 Å². The molecule has 0 N–H and O–H groups in total. The summed E-state index contributed by atoms with van der Waals surface area (Å²) >= 11 is 16.1. The molecule has 0 aliphatic carbocycles. The molecule has 11 nitrogen and oxygen atoms in total. The summed E-state index contributed by atoms with van der Waals surface area (Å²) in [6.45, 7) is 12.2. The lowest BCUT2D eigenvalue weighted by atomic mass is 9.94. The highest BCUT2D eigenvalue weighted by Crippen LogP contribution is 2.47. The fourth-order valence-electron chi connectivity index (χ4n) is 8.69. The Hall–Kier alpha value is -4.95. The Labute approximate surface area is 354 Å². The number of nitro benzene ring substituents is 2. The van der Waals surface area contributed by atoms with Crippen molar-refractivity contribution in [3.05, 3.63) is 123 Å². The maximum atomic E-state index is 15.5. The SMILES string of the molecule is CCN(CC)c1c(C(=O)c2cc([N+](=O)[O-])cc(N3CCc4c(sc5ccc(Cl)cc45)C3)c2N(CC)CC)cc([N+](=O)[O-])cc1N1CCc2c(sc3ccc(Cl)cc23)C1. The molecule has 0 spiro atoms. The number of non-ortho nitro benzene ring substituents is 2. The molecule has 4 heterocycles. The smallest absolute Gasteiger partial charge is 0.272 e. The van der Waals surface area contributed by atoms with E-state index in [1.165, 1.54) is 23.3 Å². The number of anilines is 4. The first kappa shape index (κ1) is 39.9. The van der Waals surface area contributed by atoms with Crippen molar-refractivity contribution < 1.29 is 14.6 Å². The van der Waals surface area contributed by atoms with Gasteiger partial charge in [0.05, 0.1) is 56.8 Å². The van der Waals surface area contributed by atoms with E-state index in [9.17, 15) is 20.2 Å². The minimum absolute atomic E-state index is 0.143. The van der Waals surface area contributed by atoms with Crippen LogP contribution in [0.1, 0.15) is 64.5 Å². The molecule has 58 heavy (non-hydrogen) atoms.